The molecule has 1 rings (SSSR count). The van der Waals surface area contributed by atoms with Crippen molar-refractivity contribution >= 4 is 15.9 Å². The van der Waals surface area contributed by atoms with Crippen molar-refractivity contribution < 1.29 is 0 Å². The third-order valence-corrected chi connectivity index (χ3v) is 3.32. The van der Waals surface area contributed by atoms with E-state index in [1.165, 1.54) is 25.7 Å². The Balaban J connectivity index is 2.30. The van der Waals surface area contributed by atoms with E-state index in [1.807, 2.05) is 6.08 Å². The Labute approximate surface area is 83.9 Å². The zero-order valence-electron chi connectivity index (χ0n) is 7.56. The topological polar surface area (TPSA) is 0 Å². The van der Waals surface area contributed by atoms with Gasteiger partial charge in [0.05, 0.1) is 0 Å². The zero-order chi connectivity index (χ0) is 8.81. The molecule has 1 aliphatic carbocycles. The van der Waals surface area contributed by atoms with Crippen LogP contribution in [0.1, 0.15) is 32.1 Å². The molecule has 0 aliphatic heterocycles. The van der Waals surface area contributed by atoms with E-state index in [0.717, 1.165) is 17.7 Å². The second kappa shape index (κ2) is 5.58. The van der Waals surface area contributed by atoms with E-state index in [1.54, 1.807) is 5.57 Å². The molecule has 0 aromatic heterocycles. The first kappa shape index (κ1) is 10.0. The predicted octanol–water partition coefficient (Wildman–Crippen LogP) is 4.07. The number of hydrogen-bond donors (Lipinski definition) is 0. The molecule has 0 heterocycles. The predicted molar refractivity (Wildman–Crippen MR) is 58.6 cm³/mol. The molecule has 0 spiro atoms. The minimum atomic E-state index is 0.770. The van der Waals surface area contributed by atoms with Gasteiger partial charge in [0.25, 0.3) is 0 Å². The smallest absolute Gasteiger partial charge is 0.00656 e. The van der Waals surface area contributed by atoms with Gasteiger partial charge in [0.15, 0.2) is 0 Å². The van der Waals surface area contributed by atoms with Crippen LogP contribution in [-0.4, -0.2) is 5.33 Å². The summed E-state index contributed by atoms with van der Waals surface area (Å²) >= 11 is 3.55. The second-order valence-corrected chi connectivity index (χ2v) is 4.15. The summed E-state index contributed by atoms with van der Waals surface area (Å²) in [6.07, 6.45) is 10.9. The highest BCUT2D eigenvalue weighted by Crippen LogP contribution is 2.26. The first-order valence-corrected chi connectivity index (χ1v) is 5.83. The van der Waals surface area contributed by atoms with Gasteiger partial charge in [-0.1, -0.05) is 33.7 Å². The Hall–Kier alpha value is -0.0400. The first-order chi connectivity index (χ1) is 5.86. The van der Waals surface area contributed by atoms with E-state index in [4.69, 9.17) is 0 Å². The van der Waals surface area contributed by atoms with Crippen molar-refractivity contribution in [3.63, 3.8) is 0 Å². The Morgan fingerprint density at radius 2 is 2.50 bits per heavy atom. The van der Waals surface area contributed by atoms with Crippen molar-refractivity contribution in [2.24, 2.45) is 5.92 Å². The van der Waals surface area contributed by atoms with Gasteiger partial charge in [-0.05, 0) is 38.0 Å². The molecule has 1 unspecified atom stereocenters. The van der Waals surface area contributed by atoms with E-state index in [0.29, 0.717) is 0 Å². The Morgan fingerprint density at radius 1 is 1.67 bits per heavy atom. The molecule has 1 atom stereocenters. The minimum Gasteiger partial charge on any atom is -0.103 e. The monoisotopic (exact) mass is 228 g/mol. The van der Waals surface area contributed by atoms with Gasteiger partial charge < -0.3 is 0 Å². The fraction of sp³-hybridized carbons (Fsp3) is 0.636. The molecule has 0 saturated heterocycles. The SMILES string of the molecule is C=CCC(CBr)CC1=CCCC1. The fourth-order valence-corrected chi connectivity index (χ4v) is 2.22. The summed E-state index contributed by atoms with van der Waals surface area (Å²) in [5, 5.41) is 1.11. The maximum atomic E-state index is 3.78. The van der Waals surface area contributed by atoms with Crippen molar-refractivity contribution in [1.29, 1.82) is 0 Å². The number of hydrogen-bond acceptors (Lipinski definition) is 0. The van der Waals surface area contributed by atoms with Gasteiger partial charge >= 0.3 is 0 Å². The molecule has 0 N–H and O–H groups in total. The molecule has 0 aromatic carbocycles. The van der Waals surface area contributed by atoms with Crippen molar-refractivity contribution in [1.82, 2.24) is 0 Å². The van der Waals surface area contributed by atoms with Crippen molar-refractivity contribution in [3.05, 3.63) is 24.3 Å². The molecule has 0 fully saturated rings. The lowest BCUT2D eigenvalue weighted by Crippen LogP contribution is -2.01. The molecule has 0 saturated carbocycles. The van der Waals surface area contributed by atoms with Crippen LogP contribution in [0.4, 0.5) is 0 Å². The number of alkyl halides is 1. The van der Waals surface area contributed by atoms with Crippen LogP contribution in [0.3, 0.4) is 0 Å². The van der Waals surface area contributed by atoms with E-state index in [-0.39, 0.29) is 0 Å². The average molecular weight is 229 g/mol. The van der Waals surface area contributed by atoms with Crippen LogP contribution in [0.25, 0.3) is 0 Å². The van der Waals surface area contributed by atoms with E-state index >= 15 is 0 Å². The highest BCUT2D eigenvalue weighted by molar-refractivity contribution is 9.09. The summed E-state index contributed by atoms with van der Waals surface area (Å²) in [7, 11) is 0. The van der Waals surface area contributed by atoms with Gasteiger partial charge in [-0.2, -0.15) is 0 Å². The maximum absolute atomic E-state index is 3.78. The number of rotatable bonds is 5. The summed E-state index contributed by atoms with van der Waals surface area (Å²) in [6, 6.07) is 0. The normalized spacial score (nSPS) is 18.9. The van der Waals surface area contributed by atoms with Crippen LogP contribution >= 0.6 is 15.9 Å². The van der Waals surface area contributed by atoms with E-state index in [9.17, 15) is 0 Å². The molecule has 1 heteroatoms. The molecule has 0 aromatic rings. The Kier molecular flexibility index (Phi) is 4.67. The molecule has 0 amide bonds. The lowest BCUT2D eigenvalue weighted by Gasteiger charge is -2.11. The van der Waals surface area contributed by atoms with Crippen molar-refractivity contribution in [2.75, 3.05) is 5.33 Å². The van der Waals surface area contributed by atoms with Gasteiger partial charge in [-0.3, -0.25) is 0 Å². The number of halogens is 1. The highest BCUT2D eigenvalue weighted by Gasteiger charge is 2.10. The van der Waals surface area contributed by atoms with Crippen LogP contribution in [0, 0.1) is 5.92 Å². The molecule has 12 heavy (non-hydrogen) atoms. The molecule has 0 nitrogen and oxygen atoms in total. The van der Waals surface area contributed by atoms with Gasteiger partial charge in [0, 0.05) is 5.33 Å². The molecule has 68 valence electrons. The Morgan fingerprint density at radius 3 is 3.00 bits per heavy atom. The van der Waals surface area contributed by atoms with Gasteiger partial charge in [0.2, 0.25) is 0 Å². The van der Waals surface area contributed by atoms with Crippen molar-refractivity contribution in [3.8, 4) is 0 Å². The summed E-state index contributed by atoms with van der Waals surface area (Å²) in [5.41, 5.74) is 1.67. The fourth-order valence-electron chi connectivity index (χ4n) is 1.73. The van der Waals surface area contributed by atoms with Gasteiger partial charge in [-0.25, -0.2) is 0 Å². The van der Waals surface area contributed by atoms with E-state index in [2.05, 4.69) is 28.6 Å². The standard InChI is InChI=1S/C11H17Br/c1-2-5-11(9-12)8-10-6-3-4-7-10/h2,6,11H,1,3-5,7-9H2. The summed E-state index contributed by atoms with van der Waals surface area (Å²) in [4.78, 5) is 0. The van der Waals surface area contributed by atoms with Crippen molar-refractivity contribution in [2.45, 2.75) is 32.1 Å². The molecule has 0 bridgehead atoms. The second-order valence-electron chi connectivity index (χ2n) is 3.50. The van der Waals surface area contributed by atoms with Crippen LogP contribution in [0.5, 0.6) is 0 Å². The van der Waals surface area contributed by atoms with Gasteiger partial charge in [-0.15, -0.1) is 6.58 Å². The molecule has 0 radical (unpaired) electrons. The zero-order valence-corrected chi connectivity index (χ0v) is 9.15. The largest absolute Gasteiger partial charge is 0.103 e. The molecular formula is C11H17Br. The third-order valence-electron chi connectivity index (χ3n) is 2.40. The Bertz CT molecular complexity index is 170. The minimum absolute atomic E-state index is 0.770. The third kappa shape index (κ3) is 3.14. The quantitative estimate of drug-likeness (QED) is 0.492. The summed E-state index contributed by atoms with van der Waals surface area (Å²) < 4.78 is 0. The van der Waals surface area contributed by atoms with Crippen LogP contribution in [0.2, 0.25) is 0 Å². The van der Waals surface area contributed by atoms with Crippen LogP contribution < -0.4 is 0 Å². The van der Waals surface area contributed by atoms with Crippen LogP contribution in [-0.2, 0) is 0 Å². The average Bonchev–Trinajstić information content (AvgIpc) is 2.56. The lowest BCUT2D eigenvalue weighted by molar-refractivity contribution is 0.592. The van der Waals surface area contributed by atoms with Crippen LogP contribution in [0.15, 0.2) is 24.3 Å². The summed E-state index contributed by atoms with van der Waals surface area (Å²) in [5.74, 6) is 0.770. The first-order valence-electron chi connectivity index (χ1n) is 4.71. The summed E-state index contributed by atoms with van der Waals surface area (Å²) in [6.45, 7) is 3.78. The van der Waals surface area contributed by atoms with E-state index < -0.39 is 0 Å². The number of allylic oxidation sites excluding steroid dienone is 3. The highest BCUT2D eigenvalue weighted by atomic mass is 79.9. The maximum Gasteiger partial charge on any atom is 0.00656 e. The molecule has 1 aliphatic rings. The lowest BCUT2D eigenvalue weighted by atomic mass is 9.98. The van der Waals surface area contributed by atoms with Gasteiger partial charge in [0.1, 0.15) is 0 Å². The molecular weight excluding hydrogens is 212 g/mol.